The van der Waals surface area contributed by atoms with Crippen LogP contribution in [0.5, 0.6) is 5.75 Å². The minimum Gasteiger partial charge on any atom is -0.497 e. The number of hydrogen-bond donors (Lipinski definition) is 1. The zero-order valence-corrected chi connectivity index (χ0v) is 14.1. The van der Waals surface area contributed by atoms with E-state index in [1.807, 2.05) is 54.6 Å². The molecule has 4 heteroatoms. The summed E-state index contributed by atoms with van der Waals surface area (Å²) in [5.74, 6) is 0.532. The average Bonchev–Trinajstić information content (AvgIpc) is 3.17. The topological polar surface area (TPSA) is 59.2 Å². The molecule has 0 bridgehead atoms. The van der Waals surface area contributed by atoms with Crippen molar-refractivity contribution in [3.05, 3.63) is 65.7 Å². The van der Waals surface area contributed by atoms with Gasteiger partial charge in [0.05, 0.1) is 19.0 Å². The molecule has 0 saturated heterocycles. The number of methoxy groups -OCH3 is 1. The minimum absolute atomic E-state index is 0.0584. The molecule has 1 N–H and O–H groups in total. The number of carbonyl (C=O) groups is 2. The lowest BCUT2D eigenvalue weighted by Gasteiger charge is -2.09. The fraction of sp³-hybridized carbons (Fsp3) is 0.0909. The third kappa shape index (κ3) is 1.96. The molecule has 0 atom stereocenters. The van der Waals surface area contributed by atoms with Crippen molar-refractivity contribution in [3.8, 4) is 16.9 Å². The molecule has 0 saturated carbocycles. The number of fused-ring (bicyclic) bond motifs is 5. The molecule has 0 unspecified atom stereocenters. The summed E-state index contributed by atoms with van der Waals surface area (Å²) in [7, 11) is 1.62. The Labute approximate surface area is 149 Å². The smallest absolute Gasteiger partial charge is 0.172 e. The standard InChI is InChI=1S/C22H15NO3/c1-26-13-7-8-14-16(9-13)23-17-10-15(12-5-3-2-4-6-12)21-18(24)11-19(25)22(21)20(14)17/h2-10,23H,11H2,1H3. The molecule has 0 radical (unpaired) electrons. The predicted molar refractivity (Wildman–Crippen MR) is 101 cm³/mol. The van der Waals surface area contributed by atoms with Crippen LogP contribution in [-0.2, 0) is 0 Å². The summed E-state index contributed by atoms with van der Waals surface area (Å²) in [4.78, 5) is 28.7. The number of ether oxygens (including phenoxy) is 1. The van der Waals surface area contributed by atoms with Gasteiger partial charge < -0.3 is 9.72 Å². The molecule has 0 amide bonds. The second-order valence-electron chi connectivity index (χ2n) is 6.52. The summed E-state index contributed by atoms with van der Waals surface area (Å²) in [6.07, 6.45) is -0.0584. The number of carbonyl (C=O) groups excluding carboxylic acids is 2. The van der Waals surface area contributed by atoms with E-state index in [-0.39, 0.29) is 18.0 Å². The Bertz CT molecular complexity index is 1220. The van der Waals surface area contributed by atoms with Crippen molar-refractivity contribution in [2.45, 2.75) is 6.42 Å². The zero-order valence-electron chi connectivity index (χ0n) is 14.1. The molecule has 4 aromatic rings. The maximum absolute atomic E-state index is 12.7. The van der Waals surface area contributed by atoms with Crippen LogP contribution in [0.4, 0.5) is 0 Å². The number of benzene rings is 3. The van der Waals surface area contributed by atoms with Gasteiger partial charge in [-0.25, -0.2) is 0 Å². The van der Waals surface area contributed by atoms with Crippen LogP contribution in [0.1, 0.15) is 27.1 Å². The van der Waals surface area contributed by atoms with Crippen LogP contribution in [0.2, 0.25) is 0 Å². The normalized spacial score (nSPS) is 13.6. The van der Waals surface area contributed by atoms with Crippen molar-refractivity contribution >= 4 is 33.4 Å². The van der Waals surface area contributed by atoms with Gasteiger partial charge in [-0.3, -0.25) is 9.59 Å². The third-order valence-corrected chi connectivity index (χ3v) is 5.06. The summed E-state index contributed by atoms with van der Waals surface area (Å²) in [6, 6.07) is 17.4. The molecular weight excluding hydrogens is 326 g/mol. The Morgan fingerprint density at radius 2 is 1.65 bits per heavy atom. The molecule has 1 heterocycles. The van der Waals surface area contributed by atoms with E-state index in [2.05, 4.69) is 4.98 Å². The van der Waals surface area contributed by atoms with E-state index in [4.69, 9.17) is 4.74 Å². The fourth-order valence-electron chi connectivity index (χ4n) is 3.91. The highest BCUT2D eigenvalue weighted by Gasteiger charge is 2.33. The SMILES string of the molecule is COc1ccc2c(c1)[nH]c1cc(-c3ccccc3)c3c(c12)C(=O)CC3=O. The van der Waals surface area contributed by atoms with Gasteiger partial charge in [0, 0.05) is 33.5 Å². The number of H-pyrrole nitrogens is 1. The molecule has 1 aliphatic rings. The van der Waals surface area contributed by atoms with E-state index >= 15 is 0 Å². The van der Waals surface area contributed by atoms with Gasteiger partial charge in [-0.05, 0) is 29.3 Å². The van der Waals surface area contributed by atoms with Crippen molar-refractivity contribution in [2.24, 2.45) is 0 Å². The lowest BCUT2D eigenvalue weighted by molar-refractivity contribution is 0.0923. The van der Waals surface area contributed by atoms with Gasteiger partial charge in [0.2, 0.25) is 0 Å². The highest BCUT2D eigenvalue weighted by atomic mass is 16.5. The first-order valence-corrected chi connectivity index (χ1v) is 8.45. The van der Waals surface area contributed by atoms with E-state index in [0.29, 0.717) is 11.1 Å². The minimum atomic E-state index is -0.107. The lowest BCUT2D eigenvalue weighted by Crippen LogP contribution is -1.96. The Balaban J connectivity index is 1.94. The van der Waals surface area contributed by atoms with Crippen LogP contribution in [0, 0.1) is 0 Å². The average molecular weight is 341 g/mol. The van der Waals surface area contributed by atoms with E-state index in [0.717, 1.165) is 38.7 Å². The molecule has 1 aliphatic carbocycles. The van der Waals surface area contributed by atoms with E-state index < -0.39 is 0 Å². The second-order valence-corrected chi connectivity index (χ2v) is 6.52. The van der Waals surface area contributed by atoms with Crippen LogP contribution in [0.3, 0.4) is 0 Å². The number of aromatic nitrogens is 1. The molecule has 0 fully saturated rings. The number of hydrogen-bond acceptors (Lipinski definition) is 3. The van der Waals surface area contributed by atoms with Gasteiger partial charge in [0.15, 0.2) is 11.6 Å². The first-order chi connectivity index (χ1) is 12.7. The Morgan fingerprint density at radius 1 is 0.885 bits per heavy atom. The highest BCUT2D eigenvalue weighted by Crippen LogP contribution is 2.41. The van der Waals surface area contributed by atoms with Crippen molar-refractivity contribution < 1.29 is 14.3 Å². The summed E-state index contributed by atoms with van der Waals surface area (Å²) >= 11 is 0. The third-order valence-electron chi connectivity index (χ3n) is 5.06. The van der Waals surface area contributed by atoms with Crippen LogP contribution in [-0.4, -0.2) is 23.7 Å². The van der Waals surface area contributed by atoms with Gasteiger partial charge in [-0.1, -0.05) is 30.3 Å². The molecule has 3 aromatic carbocycles. The maximum atomic E-state index is 12.7. The quantitative estimate of drug-likeness (QED) is 0.535. The molecular formula is C22H15NO3. The van der Waals surface area contributed by atoms with Crippen LogP contribution >= 0.6 is 0 Å². The first-order valence-electron chi connectivity index (χ1n) is 8.45. The van der Waals surface area contributed by atoms with Crippen LogP contribution in [0.15, 0.2) is 54.6 Å². The van der Waals surface area contributed by atoms with Crippen LogP contribution in [0.25, 0.3) is 32.9 Å². The van der Waals surface area contributed by atoms with E-state index in [9.17, 15) is 9.59 Å². The number of Topliss-reactive ketones (excluding diaryl/α,β-unsaturated/α-hetero) is 2. The summed E-state index contributed by atoms with van der Waals surface area (Å²) in [5.41, 5.74) is 4.58. The summed E-state index contributed by atoms with van der Waals surface area (Å²) < 4.78 is 5.30. The zero-order chi connectivity index (χ0) is 17.8. The predicted octanol–water partition coefficient (Wildman–Crippen LogP) is 4.77. The number of rotatable bonds is 2. The highest BCUT2D eigenvalue weighted by molar-refractivity contribution is 6.34. The second kappa shape index (κ2) is 5.30. The van der Waals surface area contributed by atoms with E-state index in [1.54, 1.807) is 7.11 Å². The van der Waals surface area contributed by atoms with Gasteiger partial charge in [0.25, 0.3) is 0 Å². The molecule has 0 spiro atoms. The maximum Gasteiger partial charge on any atom is 0.172 e. The van der Waals surface area contributed by atoms with Gasteiger partial charge in [0.1, 0.15) is 5.75 Å². The number of nitrogens with one attached hydrogen (secondary N) is 1. The molecule has 4 nitrogen and oxygen atoms in total. The molecule has 5 rings (SSSR count). The van der Waals surface area contributed by atoms with Crippen molar-refractivity contribution in [1.82, 2.24) is 4.98 Å². The number of aromatic amines is 1. The molecule has 1 aromatic heterocycles. The fourth-order valence-corrected chi connectivity index (χ4v) is 3.91. The molecule has 0 aliphatic heterocycles. The molecule has 26 heavy (non-hydrogen) atoms. The van der Waals surface area contributed by atoms with Gasteiger partial charge >= 0.3 is 0 Å². The monoisotopic (exact) mass is 341 g/mol. The van der Waals surface area contributed by atoms with Gasteiger partial charge in [-0.15, -0.1) is 0 Å². The van der Waals surface area contributed by atoms with Crippen molar-refractivity contribution in [3.63, 3.8) is 0 Å². The summed E-state index contributed by atoms with van der Waals surface area (Å²) in [6.45, 7) is 0. The van der Waals surface area contributed by atoms with E-state index in [1.165, 1.54) is 0 Å². The molecule has 126 valence electrons. The largest absolute Gasteiger partial charge is 0.497 e. The first kappa shape index (κ1) is 14.9. The Morgan fingerprint density at radius 3 is 2.42 bits per heavy atom. The summed E-state index contributed by atoms with van der Waals surface area (Å²) in [5, 5.41) is 1.76. The van der Waals surface area contributed by atoms with Crippen LogP contribution < -0.4 is 4.74 Å². The van der Waals surface area contributed by atoms with Gasteiger partial charge in [-0.2, -0.15) is 0 Å². The Hall–Kier alpha value is -3.40. The lowest BCUT2D eigenvalue weighted by atomic mass is 9.93. The Kier molecular flexibility index (Phi) is 3.04. The van der Waals surface area contributed by atoms with Crippen molar-refractivity contribution in [2.75, 3.05) is 7.11 Å². The number of ketones is 2. The van der Waals surface area contributed by atoms with Crippen molar-refractivity contribution in [1.29, 1.82) is 0 Å².